The number of anilines is 1. The van der Waals surface area contributed by atoms with Gasteiger partial charge in [-0.05, 0) is 31.0 Å². The van der Waals surface area contributed by atoms with Crippen molar-refractivity contribution in [1.29, 1.82) is 0 Å². The highest BCUT2D eigenvalue weighted by atomic mass is 16.3. The van der Waals surface area contributed by atoms with E-state index in [0.29, 0.717) is 5.56 Å². The van der Waals surface area contributed by atoms with Crippen LogP contribution in [0.15, 0.2) is 24.3 Å². The highest BCUT2D eigenvalue weighted by molar-refractivity contribution is 5.95. The summed E-state index contributed by atoms with van der Waals surface area (Å²) in [5.41, 5.74) is 1.64. The molecular formula is C15H22N2O2. The van der Waals surface area contributed by atoms with Gasteiger partial charge in [0.25, 0.3) is 5.91 Å². The number of amides is 1. The molecule has 1 aliphatic carbocycles. The highest BCUT2D eigenvalue weighted by Gasteiger charge is 2.24. The van der Waals surface area contributed by atoms with Crippen LogP contribution < -0.4 is 10.2 Å². The largest absolute Gasteiger partial charge is 0.391 e. The standard InChI is InChI=1S/C15H22N2O2/c1-17(2)12-7-5-6-11(10-12)15(19)16-13-8-3-4-9-14(13)18/h5-7,10,13-14,18H,3-4,8-9H2,1-2H3,(H,16,19). The lowest BCUT2D eigenvalue weighted by atomic mass is 9.92. The van der Waals surface area contributed by atoms with E-state index in [4.69, 9.17) is 0 Å². The van der Waals surface area contributed by atoms with Crippen molar-refractivity contribution in [3.8, 4) is 0 Å². The van der Waals surface area contributed by atoms with Gasteiger partial charge in [-0.15, -0.1) is 0 Å². The van der Waals surface area contributed by atoms with Crippen molar-refractivity contribution in [2.45, 2.75) is 37.8 Å². The second kappa shape index (κ2) is 6.06. The summed E-state index contributed by atoms with van der Waals surface area (Å²) in [6.45, 7) is 0. The van der Waals surface area contributed by atoms with Gasteiger partial charge in [0.05, 0.1) is 12.1 Å². The predicted molar refractivity (Wildman–Crippen MR) is 76.5 cm³/mol. The Bertz CT molecular complexity index is 446. The monoisotopic (exact) mass is 262 g/mol. The topological polar surface area (TPSA) is 52.6 Å². The molecule has 0 radical (unpaired) electrons. The normalized spacial score (nSPS) is 22.9. The smallest absolute Gasteiger partial charge is 0.251 e. The molecule has 1 aliphatic rings. The minimum atomic E-state index is -0.408. The minimum absolute atomic E-state index is 0.102. The lowest BCUT2D eigenvalue weighted by molar-refractivity contribution is 0.0717. The fourth-order valence-electron chi connectivity index (χ4n) is 2.46. The molecule has 0 aliphatic heterocycles. The SMILES string of the molecule is CN(C)c1cccc(C(=O)NC2CCCCC2O)c1. The third-order valence-corrected chi connectivity index (χ3v) is 3.67. The van der Waals surface area contributed by atoms with Gasteiger partial charge in [0.15, 0.2) is 0 Å². The Morgan fingerprint density at radius 3 is 2.74 bits per heavy atom. The van der Waals surface area contributed by atoms with Gasteiger partial charge in [-0.2, -0.15) is 0 Å². The quantitative estimate of drug-likeness (QED) is 0.873. The number of carbonyl (C=O) groups excluding carboxylic acids is 1. The number of nitrogens with one attached hydrogen (secondary N) is 1. The fourth-order valence-corrected chi connectivity index (χ4v) is 2.46. The van der Waals surface area contributed by atoms with Gasteiger partial charge in [-0.25, -0.2) is 0 Å². The predicted octanol–water partition coefficient (Wildman–Crippen LogP) is 1.79. The molecule has 1 aromatic rings. The van der Waals surface area contributed by atoms with E-state index in [1.807, 2.05) is 37.2 Å². The van der Waals surface area contributed by atoms with E-state index in [-0.39, 0.29) is 11.9 Å². The van der Waals surface area contributed by atoms with Crippen LogP contribution >= 0.6 is 0 Å². The first kappa shape index (κ1) is 13.9. The Kier molecular flexibility index (Phi) is 4.43. The Labute approximate surface area is 114 Å². The molecule has 4 nitrogen and oxygen atoms in total. The molecule has 0 heterocycles. The van der Waals surface area contributed by atoms with Crippen molar-refractivity contribution in [2.24, 2.45) is 0 Å². The summed E-state index contributed by atoms with van der Waals surface area (Å²) in [6, 6.07) is 7.40. The van der Waals surface area contributed by atoms with Crippen LogP contribution in [0.3, 0.4) is 0 Å². The number of nitrogens with zero attached hydrogens (tertiary/aromatic N) is 1. The highest BCUT2D eigenvalue weighted by Crippen LogP contribution is 2.19. The molecule has 2 atom stereocenters. The molecule has 4 heteroatoms. The molecule has 19 heavy (non-hydrogen) atoms. The summed E-state index contributed by atoms with van der Waals surface area (Å²) in [5.74, 6) is -0.102. The van der Waals surface area contributed by atoms with Crippen molar-refractivity contribution in [1.82, 2.24) is 5.32 Å². The second-order valence-corrected chi connectivity index (χ2v) is 5.38. The molecule has 1 aromatic carbocycles. The zero-order valence-corrected chi connectivity index (χ0v) is 11.6. The van der Waals surface area contributed by atoms with Crippen LogP contribution in [0.5, 0.6) is 0 Å². The van der Waals surface area contributed by atoms with Crippen molar-refractivity contribution >= 4 is 11.6 Å². The maximum atomic E-state index is 12.2. The van der Waals surface area contributed by atoms with E-state index in [1.54, 1.807) is 6.07 Å². The van der Waals surface area contributed by atoms with Gasteiger partial charge in [-0.1, -0.05) is 18.9 Å². The molecule has 2 rings (SSSR count). The maximum absolute atomic E-state index is 12.2. The van der Waals surface area contributed by atoms with Crippen LogP contribution in [0.1, 0.15) is 36.0 Å². The lowest BCUT2D eigenvalue weighted by Crippen LogP contribution is -2.45. The Morgan fingerprint density at radius 2 is 2.05 bits per heavy atom. The van der Waals surface area contributed by atoms with E-state index < -0.39 is 6.10 Å². The van der Waals surface area contributed by atoms with E-state index >= 15 is 0 Å². The molecule has 0 saturated heterocycles. The number of hydrogen-bond donors (Lipinski definition) is 2. The van der Waals surface area contributed by atoms with Gasteiger partial charge in [-0.3, -0.25) is 4.79 Å². The number of aliphatic hydroxyl groups is 1. The molecule has 0 spiro atoms. The third kappa shape index (κ3) is 3.47. The van der Waals surface area contributed by atoms with E-state index in [0.717, 1.165) is 31.4 Å². The summed E-state index contributed by atoms with van der Waals surface area (Å²) in [5, 5.41) is 12.8. The molecule has 0 bridgehead atoms. The van der Waals surface area contributed by atoms with Crippen LogP contribution in [-0.2, 0) is 0 Å². The van der Waals surface area contributed by atoms with Gasteiger partial charge >= 0.3 is 0 Å². The number of aliphatic hydroxyl groups excluding tert-OH is 1. The molecule has 104 valence electrons. The molecule has 0 aromatic heterocycles. The Hall–Kier alpha value is -1.55. The van der Waals surface area contributed by atoms with Gasteiger partial charge in [0, 0.05) is 25.3 Å². The van der Waals surface area contributed by atoms with Crippen LogP contribution in [-0.4, -0.2) is 37.3 Å². The van der Waals surface area contributed by atoms with Crippen LogP contribution in [0.25, 0.3) is 0 Å². The first-order valence-corrected chi connectivity index (χ1v) is 6.84. The number of rotatable bonds is 3. The van der Waals surface area contributed by atoms with Crippen molar-refractivity contribution in [2.75, 3.05) is 19.0 Å². The molecular weight excluding hydrogens is 240 g/mol. The Morgan fingerprint density at radius 1 is 1.32 bits per heavy atom. The molecule has 1 saturated carbocycles. The van der Waals surface area contributed by atoms with Gasteiger partial charge in [0.2, 0.25) is 0 Å². The van der Waals surface area contributed by atoms with E-state index in [9.17, 15) is 9.90 Å². The molecule has 2 N–H and O–H groups in total. The zero-order valence-electron chi connectivity index (χ0n) is 11.6. The van der Waals surface area contributed by atoms with Crippen LogP contribution in [0.2, 0.25) is 0 Å². The fraction of sp³-hybridized carbons (Fsp3) is 0.533. The average Bonchev–Trinajstić information content (AvgIpc) is 2.41. The van der Waals surface area contributed by atoms with Crippen LogP contribution in [0.4, 0.5) is 5.69 Å². The zero-order chi connectivity index (χ0) is 13.8. The summed E-state index contributed by atoms with van der Waals surface area (Å²) < 4.78 is 0. The molecule has 1 fully saturated rings. The van der Waals surface area contributed by atoms with E-state index in [2.05, 4.69) is 5.32 Å². The second-order valence-electron chi connectivity index (χ2n) is 5.38. The first-order valence-electron chi connectivity index (χ1n) is 6.84. The van der Waals surface area contributed by atoms with Gasteiger partial charge < -0.3 is 15.3 Å². The summed E-state index contributed by atoms with van der Waals surface area (Å²) in [6.07, 6.45) is 3.35. The summed E-state index contributed by atoms with van der Waals surface area (Å²) in [4.78, 5) is 14.2. The summed E-state index contributed by atoms with van der Waals surface area (Å²) >= 11 is 0. The van der Waals surface area contributed by atoms with E-state index in [1.165, 1.54) is 0 Å². The third-order valence-electron chi connectivity index (χ3n) is 3.67. The summed E-state index contributed by atoms with van der Waals surface area (Å²) in [7, 11) is 3.89. The minimum Gasteiger partial charge on any atom is -0.391 e. The molecule has 1 amide bonds. The van der Waals surface area contributed by atoms with Gasteiger partial charge in [0.1, 0.15) is 0 Å². The van der Waals surface area contributed by atoms with Crippen molar-refractivity contribution in [3.05, 3.63) is 29.8 Å². The average molecular weight is 262 g/mol. The van der Waals surface area contributed by atoms with Crippen molar-refractivity contribution in [3.63, 3.8) is 0 Å². The van der Waals surface area contributed by atoms with Crippen molar-refractivity contribution < 1.29 is 9.90 Å². The van der Waals surface area contributed by atoms with Crippen LogP contribution in [0, 0.1) is 0 Å². The molecule has 2 unspecified atom stereocenters. The first-order chi connectivity index (χ1) is 9.08. The number of hydrogen-bond acceptors (Lipinski definition) is 3. The number of benzene rings is 1. The lowest BCUT2D eigenvalue weighted by Gasteiger charge is -2.28. The maximum Gasteiger partial charge on any atom is 0.251 e. The number of carbonyl (C=O) groups is 1. The Balaban J connectivity index is 2.05.